The number of carbonyl (C=O) groups is 1. The summed E-state index contributed by atoms with van der Waals surface area (Å²) >= 11 is 5.99. The zero-order chi connectivity index (χ0) is 26.1. The van der Waals surface area contributed by atoms with Gasteiger partial charge in [0, 0.05) is 37.4 Å². The Morgan fingerprint density at radius 1 is 1.00 bits per heavy atom. The van der Waals surface area contributed by atoms with Crippen molar-refractivity contribution in [3.8, 4) is 5.75 Å². The topological polar surface area (TPSA) is 72.8 Å². The molecule has 0 radical (unpaired) electrons. The number of ether oxygens (including phenoxy) is 2. The van der Waals surface area contributed by atoms with Crippen molar-refractivity contribution in [1.82, 2.24) is 14.8 Å². The van der Waals surface area contributed by atoms with Gasteiger partial charge in [-0.05, 0) is 41.0 Å². The molecular weight excluding hydrogens is 502 g/mol. The van der Waals surface area contributed by atoms with Crippen LogP contribution in [0.15, 0.2) is 77.7 Å². The molecule has 1 atom stereocenters. The SMILES string of the molecule is O=C(NCc1ccc(Cl)cc1)c1cn2c3c(cc(CN4CCOCC4)cc3c1=O)OCC2c1ccccc1. The third-order valence-corrected chi connectivity index (χ3v) is 7.44. The van der Waals surface area contributed by atoms with Gasteiger partial charge in [0.25, 0.3) is 5.91 Å². The molecule has 8 heteroatoms. The van der Waals surface area contributed by atoms with Crippen LogP contribution in [-0.4, -0.2) is 48.3 Å². The number of benzene rings is 3. The molecule has 0 bridgehead atoms. The molecule has 1 amide bonds. The van der Waals surface area contributed by atoms with Crippen LogP contribution in [0.2, 0.25) is 5.02 Å². The maximum absolute atomic E-state index is 13.8. The zero-order valence-corrected chi connectivity index (χ0v) is 21.6. The first kappa shape index (κ1) is 24.7. The minimum atomic E-state index is -0.408. The predicted molar refractivity (Wildman–Crippen MR) is 147 cm³/mol. The Labute approximate surface area is 225 Å². The number of hydrogen-bond acceptors (Lipinski definition) is 5. The van der Waals surface area contributed by atoms with E-state index in [1.807, 2.05) is 59.2 Å². The largest absolute Gasteiger partial charge is 0.489 e. The van der Waals surface area contributed by atoms with E-state index in [2.05, 4.69) is 10.2 Å². The maximum Gasteiger partial charge on any atom is 0.257 e. The number of rotatable bonds is 6. The van der Waals surface area contributed by atoms with Gasteiger partial charge < -0.3 is 19.4 Å². The molecule has 2 aliphatic rings. The van der Waals surface area contributed by atoms with Crippen molar-refractivity contribution >= 4 is 28.4 Å². The van der Waals surface area contributed by atoms with Crippen LogP contribution in [0, 0.1) is 0 Å². The zero-order valence-electron chi connectivity index (χ0n) is 20.9. The molecule has 7 nitrogen and oxygen atoms in total. The number of amides is 1. The van der Waals surface area contributed by atoms with Crippen molar-refractivity contribution in [2.24, 2.45) is 0 Å². The van der Waals surface area contributed by atoms with Gasteiger partial charge >= 0.3 is 0 Å². The Balaban J connectivity index is 1.42. The average Bonchev–Trinajstić information content (AvgIpc) is 2.95. The van der Waals surface area contributed by atoms with E-state index < -0.39 is 5.91 Å². The molecule has 3 aromatic carbocycles. The molecule has 1 fully saturated rings. The van der Waals surface area contributed by atoms with E-state index in [4.69, 9.17) is 21.1 Å². The highest BCUT2D eigenvalue weighted by Crippen LogP contribution is 2.36. The normalized spacial score (nSPS) is 17.2. The molecule has 3 heterocycles. The number of nitrogens with one attached hydrogen (secondary N) is 1. The second kappa shape index (κ2) is 10.6. The van der Waals surface area contributed by atoms with E-state index in [1.165, 1.54) is 0 Å². The monoisotopic (exact) mass is 529 g/mol. The summed E-state index contributed by atoms with van der Waals surface area (Å²) in [6, 6.07) is 21.0. The van der Waals surface area contributed by atoms with E-state index in [-0.39, 0.29) is 17.0 Å². The first-order valence-electron chi connectivity index (χ1n) is 12.8. The maximum atomic E-state index is 13.8. The van der Waals surface area contributed by atoms with Crippen LogP contribution in [0.4, 0.5) is 0 Å². The van der Waals surface area contributed by atoms with Gasteiger partial charge in [-0.25, -0.2) is 0 Å². The summed E-state index contributed by atoms with van der Waals surface area (Å²) in [5.41, 5.74) is 3.46. The Morgan fingerprint density at radius 3 is 2.53 bits per heavy atom. The summed E-state index contributed by atoms with van der Waals surface area (Å²) in [4.78, 5) is 29.4. The molecule has 1 aromatic heterocycles. The van der Waals surface area contributed by atoms with Crippen LogP contribution in [0.25, 0.3) is 10.9 Å². The molecule has 0 aliphatic carbocycles. The summed E-state index contributed by atoms with van der Waals surface area (Å²) in [5.74, 6) is 0.261. The number of hydrogen-bond donors (Lipinski definition) is 1. The van der Waals surface area contributed by atoms with Crippen molar-refractivity contribution in [3.05, 3.63) is 110 Å². The van der Waals surface area contributed by atoms with Crippen molar-refractivity contribution in [2.75, 3.05) is 32.9 Å². The molecular formula is C30H28ClN3O4. The average molecular weight is 530 g/mol. The van der Waals surface area contributed by atoms with Crippen LogP contribution in [0.1, 0.15) is 33.1 Å². The summed E-state index contributed by atoms with van der Waals surface area (Å²) in [6.45, 7) is 4.44. The van der Waals surface area contributed by atoms with Gasteiger partial charge in [-0.3, -0.25) is 14.5 Å². The highest BCUT2D eigenvalue weighted by molar-refractivity contribution is 6.30. The van der Waals surface area contributed by atoms with E-state index in [0.29, 0.717) is 49.1 Å². The fraction of sp³-hybridized carbons (Fsp3) is 0.267. The lowest BCUT2D eigenvalue weighted by atomic mass is 10.0. The van der Waals surface area contributed by atoms with Gasteiger partial charge in [-0.1, -0.05) is 54.1 Å². The van der Waals surface area contributed by atoms with Crippen molar-refractivity contribution < 1.29 is 14.3 Å². The molecule has 0 saturated carbocycles. The molecule has 194 valence electrons. The van der Waals surface area contributed by atoms with Crippen LogP contribution in [-0.2, 0) is 17.8 Å². The smallest absolute Gasteiger partial charge is 0.257 e. The standard InChI is InChI=1S/C30H28ClN3O4/c31-23-8-6-20(7-9-23)16-32-30(36)25-18-34-26(22-4-2-1-3-5-22)19-38-27-15-21(14-24(28(27)34)29(25)35)17-33-10-12-37-13-11-33/h1-9,14-15,18,26H,10-13,16-17,19H2,(H,32,36). The molecule has 1 saturated heterocycles. The lowest BCUT2D eigenvalue weighted by Crippen LogP contribution is -2.36. The van der Waals surface area contributed by atoms with Gasteiger partial charge in [0.2, 0.25) is 5.43 Å². The van der Waals surface area contributed by atoms with Gasteiger partial charge in [0.1, 0.15) is 17.9 Å². The van der Waals surface area contributed by atoms with Gasteiger partial charge in [0.05, 0.1) is 30.2 Å². The second-order valence-electron chi connectivity index (χ2n) is 9.70. The number of pyridine rings is 1. The van der Waals surface area contributed by atoms with Crippen molar-refractivity contribution in [1.29, 1.82) is 0 Å². The second-order valence-corrected chi connectivity index (χ2v) is 10.1. The molecule has 2 aliphatic heterocycles. The van der Waals surface area contributed by atoms with Crippen LogP contribution >= 0.6 is 11.6 Å². The third-order valence-electron chi connectivity index (χ3n) is 7.19. The Hall–Kier alpha value is -3.65. The highest BCUT2D eigenvalue weighted by atomic mass is 35.5. The molecule has 38 heavy (non-hydrogen) atoms. The predicted octanol–water partition coefficient (Wildman–Crippen LogP) is 4.40. The summed E-state index contributed by atoms with van der Waals surface area (Å²) in [7, 11) is 0. The van der Waals surface area contributed by atoms with E-state index >= 15 is 0 Å². The quantitative estimate of drug-likeness (QED) is 0.401. The van der Waals surface area contributed by atoms with Gasteiger partial charge in [0.15, 0.2) is 0 Å². The van der Waals surface area contributed by atoms with E-state index in [0.717, 1.165) is 35.3 Å². The van der Waals surface area contributed by atoms with Crippen LogP contribution in [0.3, 0.4) is 0 Å². The molecule has 1 N–H and O–H groups in total. The Kier molecular flexibility index (Phi) is 6.89. The first-order valence-corrected chi connectivity index (χ1v) is 13.2. The molecule has 6 rings (SSSR count). The molecule has 4 aromatic rings. The number of halogens is 1. The van der Waals surface area contributed by atoms with E-state index in [9.17, 15) is 9.59 Å². The lowest BCUT2D eigenvalue weighted by Gasteiger charge is -2.31. The van der Waals surface area contributed by atoms with Crippen molar-refractivity contribution in [2.45, 2.75) is 19.1 Å². The number of morpholine rings is 1. The fourth-order valence-corrected chi connectivity index (χ4v) is 5.32. The Morgan fingerprint density at radius 2 is 1.76 bits per heavy atom. The number of nitrogens with zero attached hydrogens (tertiary/aromatic N) is 2. The highest BCUT2D eigenvalue weighted by Gasteiger charge is 2.28. The van der Waals surface area contributed by atoms with Gasteiger partial charge in [-0.2, -0.15) is 0 Å². The summed E-state index contributed by atoms with van der Waals surface area (Å²) < 4.78 is 13.8. The van der Waals surface area contributed by atoms with Crippen molar-refractivity contribution in [3.63, 3.8) is 0 Å². The summed E-state index contributed by atoms with van der Waals surface area (Å²) in [5, 5.41) is 4.03. The third kappa shape index (κ3) is 4.92. The Bertz CT molecular complexity index is 1530. The van der Waals surface area contributed by atoms with Crippen LogP contribution < -0.4 is 15.5 Å². The molecule has 1 unspecified atom stereocenters. The van der Waals surface area contributed by atoms with Gasteiger partial charge in [-0.15, -0.1) is 0 Å². The number of carbonyl (C=O) groups excluding carboxylic acids is 1. The first-order chi connectivity index (χ1) is 18.6. The van der Waals surface area contributed by atoms with Crippen LogP contribution in [0.5, 0.6) is 5.75 Å². The summed E-state index contributed by atoms with van der Waals surface area (Å²) in [6.07, 6.45) is 1.69. The fourth-order valence-electron chi connectivity index (χ4n) is 5.20. The molecule has 0 spiro atoms. The minimum Gasteiger partial charge on any atom is -0.489 e. The lowest BCUT2D eigenvalue weighted by molar-refractivity contribution is 0.0342. The van der Waals surface area contributed by atoms with E-state index in [1.54, 1.807) is 18.3 Å². The number of aromatic nitrogens is 1. The minimum absolute atomic E-state index is 0.115.